The molecule has 4 rings (SSSR count). The number of rotatable bonds is 7. The van der Waals surface area contributed by atoms with E-state index in [2.05, 4.69) is 10.6 Å². The van der Waals surface area contributed by atoms with Crippen LogP contribution in [0.15, 0.2) is 42.5 Å². The first kappa shape index (κ1) is 26.0. The zero-order valence-electron chi connectivity index (χ0n) is 21.2. The Balaban J connectivity index is 1.66. The van der Waals surface area contributed by atoms with Gasteiger partial charge in [0, 0.05) is 35.8 Å². The highest BCUT2D eigenvalue weighted by Crippen LogP contribution is 2.28. The molecular formula is C27H34ClN5O3. The van der Waals surface area contributed by atoms with Crippen molar-refractivity contribution in [2.24, 2.45) is 5.41 Å². The number of nitrogens with one attached hydrogen (secondary N) is 2. The molecule has 0 saturated carbocycles. The van der Waals surface area contributed by atoms with E-state index in [0.717, 1.165) is 30.5 Å². The van der Waals surface area contributed by atoms with Crippen molar-refractivity contribution in [3.63, 3.8) is 0 Å². The van der Waals surface area contributed by atoms with Gasteiger partial charge in [-0.3, -0.25) is 10.1 Å². The minimum Gasteiger partial charge on any atom is -0.465 e. The number of carbonyl (C=O) groups excluding carboxylic acids is 1. The summed E-state index contributed by atoms with van der Waals surface area (Å²) in [7, 11) is 0. The van der Waals surface area contributed by atoms with Crippen LogP contribution in [0.4, 0.5) is 10.7 Å². The Morgan fingerprint density at radius 3 is 2.58 bits per heavy atom. The van der Waals surface area contributed by atoms with E-state index in [1.807, 2.05) is 50.5 Å². The molecule has 2 atom stereocenters. The van der Waals surface area contributed by atoms with Crippen LogP contribution in [-0.2, 0) is 13.1 Å². The van der Waals surface area contributed by atoms with Gasteiger partial charge in [-0.25, -0.2) is 9.78 Å². The van der Waals surface area contributed by atoms with Crippen LogP contribution in [0.2, 0.25) is 5.02 Å². The molecule has 192 valence electrons. The number of anilines is 1. The highest BCUT2D eigenvalue weighted by molar-refractivity contribution is 6.30. The SMILES string of the molecule is C[C@H](N(Cc1ccc2c(c1)nc(NC(=O)c1ccc(Cl)cc1)n2CC1CCCN1)C(=O)O)C(C)(C)C. The van der Waals surface area contributed by atoms with Crippen molar-refractivity contribution < 1.29 is 14.7 Å². The van der Waals surface area contributed by atoms with Gasteiger partial charge in [0.1, 0.15) is 0 Å². The molecule has 0 bridgehead atoms. The van der Waals surface area contributed by atoms with Gasteiger partial charge < -0.3 is 19.9 Å². The molecule has 1 fully saturated rings. The van der Waals surface area contributed by atoms with Gasteiger partial charge in [0.05, 0.1) is 11.0 Å². The van der Waals surface area contributed by atoms with Crippen LogP contribution in [0.1, 0.15) is 56.5 Å². The molecule has 36 heavy (non-hydrogen) atoms. The van der Waals surface area contributed by atoms with E-state index >= 15 is 0 Å². The molecule has 1 aromatic heterocycles. The minimum atomic E-state index is -0.953. The van der Waals surface area contributed by atoms with E-state index in [9.17, 15) is 14.7 Å². The van der Waals surface area contributed by atoms with Crippen molar-refractivity contribution in [2.45, 2.75) is 65.7 Å². The van der Waals surface area contributed by atoms with Crippen LogP contribution in [0.3, 0.4) is 0 Å². The first-order chi connectivity index (χ1) is 17.0. The molecule has 1 unspecified atom stereocenters. The van der Waals surface area contributed by atoms with Crippen molar-refractivity contribution in [3.8, 4) is 0 Å². The molecule has 3 aromatic rings. The van der Waals surface area contributed by atoms with Gasteiger partial charge in [-0.2, -0.15) is 0 Å². The average Bonchev–Trinajstić information content (AvgIpc) is 3.45. The molecule has 2 aromatic carbocycles. The number of aromatic nitrogens is 2. The summed E-state index contributed by atoms with van der Waals surface area (Å²) in [5.41, 5.74) is 2.75. The lowest BCUT2D eigenvalue weighted by molar-refractivity contribution is 0.0858. The third kappa shape index (κ3) is 5.82. The lowest BCUT2D eigenvalue weighted by Crippen LogP contribution is -2.44. The van der Waals surface area contributed by atoms with Crippen molar-refractivity contribution in [1.29, 1.82) is 0 Å². The van der Waals surface area contributed by atoms with E-state index in [1.54, 1.807) is 24.3 Å². The maximum atomic E-state index is 13.0. The number of amides is 2. The summed E-state index contributed by atoms with van der Waals surface area (Å²) in [6.07, 6.45) is 1.22. The monoisotopic (exact) mass is 511 g/mol. The van der Waals surface area contributed by atoms with Gasteiger partial charge in [-0.15, -0.1) is 0 Å². The summed E-state index contributed by atoms with van der Waals surface area (Å²) in [6, 6.07) is 12.7. The molecular weight excluding hydrogens is 478 g/mol. The van der Waals surface area contributed by atoms with Gasteiger partial charge in [0.15, 0.2) is 0 Å². The molecule has 0 radical (unpaired) electrons. The van der Waals surface area contributed by atoms with Crippen molar-refractivity contribution in [2.75, 3.05) is 11.9 Å². The Morgan fingerprint density at radius 1 is 1.25 bits per heavy atom. The van der Waals surface area contributed by atoms with E-state index in [1.165, 1.54) is 4.90 Å². The quantitative estimate of drug-likeness (QED) is 0.383. The van der Waals surface area contributed by atoms with Crippen LogP contribution >= 0.6 is 11.6 Å². The van der Waals surface area contributed by atoms with Crippen LogP contribution in [0.5, 0.6) is 0 Å². The number of carboxylic acid groups (broad SMARTS) is 1. The number of benzene rings is 2. The van der Waals surface area contributed by atoms with Crippen LogP contribution in [0, 0.1) is 5.41 Å². The normalized spacial score (nSPS) is 16.8. The van der Waals surface area contributed by atoms with E-state index in [4.69, 9.17) is 16.6 Å². The van der Waals surface area contributed by atoms with E-state index in [0.29, 0.717) is 34.6 Å². The van der Waals surface area contributed by atoms with Gasteiger partial charge in [-0.1, -0.05) is 38.4 Å². The number of fused-ring (bicyclic) bond motifs is 1. The van der Waals surface area contributed by atoms with Crippen molar-refractivity contribution in [1.82, 2.24) is 19.8 Å². The zero-order chi connectivity index (χ0) is 26.0. The number of carbonyl (C=O) groups is 2. The van der Waals surface area contributed by atoms with Crippen molar-refractivity contribution >= 4 is 40.6 Å². The molecule has 8 nitrogen and oxygen atoms in total. The Hall–Kier alpha value is -3.10. The smallest absolute Gasteiger partial charge is 0.407 e. The Kier molecular flexibility index (Phi) is 7.57. The molecule has 2 amide bonds. The molecule has 2 heterocycles. The standard InChI is InChI=1S/C27H34ClN5O3/c1-17(27(2,3)4)32(26(35)36)15-18-7-12-23-22(14-18)30-25(33(23)16-21-6-5-13-29-21)31-24(34)19-8-10-20(28)11-9-19/h7-12,14,17,21,29H,5-6,13,15-16H2,1-4H3,(H,35,36)(H,30,31,34)/t17-,21?/m0/s1. The molecule has 1 aliphatic rings. The predicted octanol–water partition coefficient (Wildman–Crippen LogP) is 5.61. The molecule has 0 spiro atoms. The van der Waals surface area contributed by atoms with Crippen LogP contribution in [0.25, 0.3) is 11.0 Å². The fraction of sp³-hybridized carbons (Fsp3) is 0.444. The first-order valence-corrected chi connectivity index (χ1v) is 12.7. The van der Waals surface area contributed by atoms with Crippen LogP contribution < -0.4 is 10.6 Å². The summed E-state index contributed by atoms with van der Waals surface area (Å²) in [6.45, 7) is 9.94. The summed E-state index contributed by atoms with van der Waals surface area (Å²) < 4.78 is 2.03. The van der Waals surface area contributed by atoms with Crippen molar-refractivity contribution in [3.05, 3.63) is 58.6 Å². The summed E-state index contributed by atoms with van der Waals surface area (Å²) in [5.74, 6) is 0.202. The highest BCUT2D eigenvalue weighted by Gasteiger charge is 2.30. The summed E-state index contributed by atoms with van der Waals surface area (Å²) >= 11 is 5.97. The zero-order valence-corrected chi connectivity index (χ0v) is 22.0. The molecule has 9 heteroatoms. The largest absolute Gasteiger partial charge is 0.465 e. The Labute approximate surface area is 216 Å². The Morgan fingerprint density at radius 2 is 1.97 bits per heavy atom. The number of hydrogen-bond donors (Lipinski definition) is 3. The van der Waals surface area contributed by atoms with E-state index in [-0.39, 0.29) is 23.9 Å². The molecule has 1 saturated heterocycles. The maximum absolute atomic E-state index is 13.0. The number of imidazole rings is 1. The number of hydrogen-bond acceptors (Lipinski definition) is 4. The average molecular weight is 512 g/mol. The number of nitrogens with zero attached hydrogens (tertiary/aromatic N) is 3. The molecule has 1 aliphatic heterocycles. The topological polar surface area (TPSA) is 99.5 Å². The first-order valence-electron chi connectivity index (χ1n) is 12.3. The van der Waals surface area contributed by atoms with Gasteiger partial charge in [0.25, 0.3) is 5.91 Å². The predicted molar refractivity (Wildman–Crippen MR) is 143 cm³/mol. The second kappa shape index (κ2) is 10.5. The third-order valence-corrected chi connectivity index (χ3v) is 7.28. The molecule has 0 aliphatic carbocycles. The summed E-state index contributed by atoms with van der Waals surface area (Å²) in [4.78, 5) is 31.2. The second-order valence-corrected chi connectivity index (χ2v) is 11.0. The van der Waals surface area contributed by atoms with Gasteiger partial charge >= 0.3 is 6.09 Å². The Bertz CT molecular complexity index is 1240. The van der Waals surface area contributed by atoms with Gasteiger partial charge in [-0.05, 0) is 73.7 Å². The number of halogens is 1. The lowest BCUT2D eigenvalue weighted by Gasteiger charge is -2.36. The lowest BCUT2D eigenvalue weighted by atomic mass is 9.87. The highest BCUT2D eigenvalue weighted by atomic mass is 35.5. The fourth-order valence-corrected chi connectivity index (χ4v) is 4.62. The molecule has 3 N–H and O–H groups in total. The van der Waals surface area contributed by atoms with Crippen LogP contribution in [-0.4, -0.2) is 50.2 Å². The second-order valence-electron chi connectivity index (χ2n) is 10.6. The summed E-state index contributed by atoms with van der Waals surface area (Å²) in [5, 5.41) is 16.9. The minimum absolute atomic E-state index is 0.175. The van der Waals surface area contributed by atoms with E-state index < -0.39 is 6.09 Å². The fourth-order valence-electron chi connectivity index (χ4n) is 4.50. The van der Waals surface area contributed by atoms with Gasteiger partial charge in [0.2, 0.25) is 5.95 Å². The maximum Gasteiger partial charge on any atom is 0.407 e. The third-order valence-electron chi connectivity index (χ3n) is 7.03.